The van der Waals surface area contributed by atoms with Gasteiger partial charge in [0.2, 0.25) is 0 Å². The first-order valence-electron chi connectivity index (χ1n) is 9.63. The van der Waals surface area contributed by atoms with Gasteiger partial charge < -0.3 is 18.8 Å². The molecule has 30 heavy (non-hydrogen) atoms. The number of hydrogen-bond acceptors (Lipinski definition) is 7. The van der Waals surface area contributed by atoms with Gasteiger partial charge in [0.05, 0.1) is 25.4 Å². The highest BCUT2D eigenvalue weighted by molar-refractivity contribution is 8.00. The summed E-state index contributed by atoms with van der Waals surface area (Å²) in [4.78, 5) is 14.2. The molecule has 2 heterocycles. The maximum atomic E-state index is 5.44. The normalized spacial score (nSPS) is 10.9. The van der Waals surface area contributed by atoms with Crippen molar-refractivity contribution in [3.63, 3.8) is 0 Å². The van der Waals surface area contributed by atoms with Crippen molar-refractivity contribution < 1.29 is 9.47 Å². The number of anilines is 1. The van der Waals surface area contributed by atoms with Crippen LogP contribution < -0.4 is 14.2 Å². The van der Waals surface area contributed by atoms with E-state index in [-0.39, 0.29) is 0 Å². The number of benzene rings is 2. The summed E-state index contributed by atoms with van der Waals surface area (Å²) in [6.07, 6.45) is 5.41. The van der Waals surface area contributed by atoms with Crippen molar-refractivity contribution in [1.29, 1.82) is 0 Å². The Morgan fingerprint density at radius 1 is 1.00 bits per heavy atom. The standard InChI is InChI=1S/C22H23N5O2S/c1-28-17-10-11-18(29-2)19(13-17)30-26-21-20-22(24-14-23-21)27(15-25-20)12-6-9-16-7-4-3-5-8-16/h3-5,7-8,10-11,13-15H,6,9,12H2,1-2H3,(H,23,24,26). The molecule has 0 unspecified atom stereocenters. The van der Waals surface area contributed by atoms with Gasteiger partial charge in [0, 0.05) is 6.54 Å². The Hall–Kier alpha value is -3.26. The van der Waals surface area contributed by atoms with Crippen molar-refractivity contribution in [1.82, 2.24) is 19.5 Å². The number of ether oxygens (including phenoxy) is 2. The van der Waals surface area contributed by atoms with Crippen molar-refractivity contribution in [3.05, 3.63) is 66.7 Å². The van der Waals surface area contributed by atoms with Gasteiger partial charge in [0.1, 0.15) is 17.8 Å². The molecule has 0 fully saturated rings. The Kier molecular flexibility index (Phi) is 6.34. The van der Waals surface area contributed by atoms with Crippen LogP contribution in [-0.2, 0) is 13.0 Å². The van der Waals surface area contributed by atoms with Crippen LogP contribution >= 0.6 is 11.9 Å². The number of methoxy groups -OCH3 is 2. The average molecular weight is 422 g/mol. The van der Waals surface area contributed by atoms with E-state index in [0.717, 1.165) is 46.9 Å². The first kappa shape index (κ1) is 20.0. The van der Waals surface area contributed by atoms with Gasteiger partial charge in [-0.1, -0.05) is 30.3 Å². The maximum Gasteiger partial charge on any atom is 0.167 e. The Balaban J connectivity index is 1.47. The van der Waals surface area contributed by atoms with Gasteiger partial charge in [-0.25, -0.2) is 15.0 Å². The minimum atomic E-state index is 0.664. The van der Waals surface area contributed by atoms with Gasteiger partial charge in [-0.2, -0.15) is 0 Å². The number of imidazole rings is 1. The van der Waals surface area contributed by atoms with E-state index in [9.17, 15) is 0 Å². The van der Waals surface area contributed by atoms with Crippen molar-refractivity contribution in [2.75, 3.05) is 18.9 Å². The van der Waals surface area contributed by atoms with Gasteiger partial charge in [-0.15, -0.1) is 0 Å². The van der Waals surface area contributed by atoms with Gasteiger partial charge in [0.25, 0.3) is 0 Å². The molecule has 0 amide bonds. The molecule has 4 aromatic rings. The molecule has 0 atom stereocenters. The number of aryl methyl sites for hydroxylation is 2. The van der Waals surface area contributed by atoms with Crippen LogP contribution in [0.4, 0.5) is 5.82 Å². The first-order chi connectivity index (χ1) is 14.8. The van der Waals surface area contributed by atoms with E-state index in [4.69, 9.17) is 9.47 Å². The van der Waals surface area contributed by atoms with E-state index in [2.05, 4.69) is 48.5 Å². The van der Waals surface area contributed by atoms with Crippen LogP contribution in [0.5, 0.6) is 11.5 Å². The summed E-state index contributed by atoms with van der Waals surface area (Å²) in [5.41, 5.74) is 2.90. The molecule has 0 spiro atoms. The monoisotopic (exact) mass is 421 g/mol. The SMILES string of the molecule is COc1ccc(OC)c(SNc2ncnc3c2ncn3CCCc2ccccc2)c1. The Morgan fingerprint density at radius 2 is 1.87 bits per heavy atom. The summed E-state index contributed by atoms with van der Waals surface area (Å²) < 4.78 is 16.1. The molecule has 0 radical (unpaired) electrons. The lowest BCUT2D eigenvalue weighted by molar-refractivity contribution is 0.394. The number of nitrogens with zero attached hydrogens (tertiary/aromatic N) is 4. The highest BCUT2D eigenvalue weighted by Gasteiger charge is 2.12. The number of nitrogens with one attached hydrogen (secondary N) is 1. The van der Waals surface area contributed by atoms with Crippen molar-refractivity contribution in [2.24, 2.45) is 0 Å². The van der Waals surface area contributed by atoms with Crippen LogP contribution in [0.1, 0.15) is 12.0 Å². The van der Waals surface area contributed by atoms with E-state index in [1.807, 2.05) is 30.6 Å². The third kappa shape index (κ3) is 4.49. The lowest BCUT2D eigenvalue weighted by Crippen LogP contribution is -2.00. The quantitative estimate of drug-likeness (QED) is 0.396. The molecule has 2 aromatic heterocycles. The minimum absolute atomic E-state index is 0.664. The molecule has 0 saturated carbocycles. The van der Waals surface area contributed by atoms with Gasteiger partial charge in [-0.05, 0) is 48.6 Å². The van der Waals surface area contributed by atoms with Gasteiger partial charge >= 0.3 is 0 Å². The Bertz CT molecular complexity index is 1120. The predicted molar refractivity (Wildman–Crippen MR) is 119 cm³/mol. The van der Waals surface area contributed by atoms with E-state index in [0.29, 0.717) is 5.82 Å². The fourth-order valence-corrected chi connectivity index (χ4v) is 3.97. The van der Waals surface area contributed by atoms with Crippen molar-refractivity contribution in [2.45, 2.75) is 24.3 Å². The second kappa shape index (κ2) is 9.49. The molecule has 4 rings (SSSR count). The summed E-state index contributed by atoms with van der Waals surface area (Å²) in [6, 6.07) is 16.1. The highest BCUT2D eigenvalue weighted by Crippen LogP contribution is 2.33. The summed E-state index contributed by atoms with van der Waals surface area (Å²) >= 11 is 1.40. The molecule has 0 aliphatic carbocycles. The predicted octanol–water partition coefficient (Wildman–Crippen LogP) is 4.60. The van der Waals surface area contributed by atoms with E-state index in [1.54, 1.807) is 20.5 Å². The smallest absolute Gasteiger partial charge is 0.167 e. The molecule has 154 valence electrons. The lowest BCUT2D eigenvalue weighted by atomic mass is 10.1. The second-order valence-corrected chi connectivity index (χ2v) is 7.49. The number of hydrogen-bond donors (Lipinski definition) is 1. The van der Waals surface area contributed by atoms with E-state index in [1.165, 1.54) is 17.5 Å². The average Bonchev–Trinajstić information content (AvgIpc) is 3.22. The summed E-state index contributed by atoms with van der Waals surface area (Å²) in [5, 5.41) is 0. The minimum Gasteiger partial charge on any atom is -0.497 e. The Labute approximate surface area is 179 Å². The zero-order chi connectivity index (χ0) is 20.8. The molecule has 0 saturated heterocycles. The van der Waals surface area contributed by atoms with E-state index < -0.39 is 0 Å². The van der Waals surface area contributed by atoms with Crippen molar-refractivity contribution >= 4 is 28.9 Å². The Morgan fingerprint density at radius 3 is 2.67 bits per heavy atom. The molecule has 0 aliphatic heterocycles. The number of aromatic nitrogens is 4. The van der Waals surface area contributed by atoms with E-state index >= 15 is 0 Å². The topological polar surface area (TPSA) is 74.1 Å². The number of fused-ring (bicyclic) bond motifs is 1. The summed E-state index contributed by atoms with van der Waals surface area (Å²) in [7, 11) is 3.29. The van der Waals surface area contributed by atoms with Crippen LogP contribution in [0.3, 0.4) is 0 Å². The zero-order valence-electron chi connectivity index (χ0n) is 16.9. The van der Waals surface area contributed by atoms with Crippen LogP contribution in [0.25, 0.3) is 11.2 Å². The molecule has 0 aliphatic rings. The molecule has 2 aromatic carbocycles. The van der Waals surface area contributed by atoms with Crippen LogP contribution in [0.15, 0.2) is 66.1 Å². The third-order valence-corrected chi connectivity index (χ3v) is 5.57. The maximum absolute atomic E-state index is 5.44. The zero-order valence-corrected chi connectivity index (χ0v) is 17.7. The fourth-order valence-electron chi connectivity index (χ4n) is 3.18. The molecule has 1 N–H and O–H groups in total. The first-order valence-corrected chi connectivity index (χ1v) is 10.4. The molecular formula is C22H23N5O2S. The largest absolute Gasteiger partial charge is 0.497 e. The highest BCUT2D eigenvalue weighted by atomic mass is 32.2. The van der Waals surface area contributed by atoms with Gasteiger partial charge in [0.15, 0.2) is 17.0 Å². The van der Waals surface area contributed by atoms with Crippen LogP contribution in [0.2, 0.25) is 0 Å². The fraction of sp³-hybridized carbons (Fsp3) is 0.227. The molecule has 0 bridgehead atoms. The molecular weight excluding hydrogens is 398 g/mol. The lowest BCUT2D eigenvalue weighted by Gasteiger charge is -2.11. The summed E-state index contributed by atoms with van der Waals surface area (Å²) in [6.45, 7) is 0.846. The van der Waals surface area contributed by atoms with Crippen molar-refractivity contribution in [3.8, 4) is 11.5 Å². The number of rotatable bonds is 9. The summed E-state index contributed by atoms with van der Waals surface area (Å²) in [5.74, 6) is 2.18. The molecule has 8 heteroatoms. The molecule has 7 nitrogen and oxygen atoms in total. The van der Waals surface area contributed by atoms with Crippen LogP contribution in [0, 0.1) is 0 Å². The van der Waals surface area contributed by atoms with Crippen LogP contribution in [-0.4, -0.2) is 33.7 Å². The van der Waals surface area contributed by atoms with Gasteiger partial charge in [-0.3, -0.25) is 0 Å². The third-order valence-electron chi connectivity index (χ3n) is 4.74. The second-order valence-electron chi connectivity index (χ2n) is 6.64.